The Bertz CT molecular complexity index is 641. The number of phenols is 2. The van der Waals surface area contributed by atoms with Gasteiger partial charge in [0, 0.05) is 6.54 Å². The fraction of sp³-hybridized carbons (Fsp3) is 0.235. The van der Waals surface area contributed by atoms with Crippen molar-refractivity contribution in [1.82, 2.24) is 5.32 Å². The number of nitrogens with one attached hydrogen (secondary N) is 1. The first-order valence-electron chi connectivity index (χ1n) is 7.02. The molecule has 2 aromatic carbocycles. The predicted molar refractivity (Wildman–Crippen MR) is 83.2 cm³/mol. The van der Waals surface area contributed by atoms with Crippen LogP contribution >= 0.6 is 0 Å². The Balaban J connectivity index is 1.76. The molecule has 0 aliphatic rings. The van der Waals surface area contributed by atoms with Crippen molar-refractivity contribution in [3.8, 4) is 17.2 Å². The average Bonchev–Trinajstić information content (AvgIpc) is 2.51. The number of carbonyl (C=O) groups excluding carboxylic acids is 1. The lowest BCUT2D eigenvalue weighted by atomic mass is 10.0. The molecule has 2 rings (SSSR count). The molecule has 5 heteroatoms. The molecule has 0 atom stereocenters. The maximum atomic E-state index is 11.7. The predicted octanol–water partition coefficient (Wildman–Crippen LogP) is 2.14. The highest BCUT2D eigenvalue weighted by atomic mass is 16.5. The Hall–Kier alpha value is -2.69. The van der Waals surface area contributed by atoms with E-state index in [0.717, 1.165) is 11.1 Å². The zero-order chi connectivity index (χ0) is 15.9. The first-order chi connectivity index (χ1) is 10.6. The highest BCUT2D eigenvalue weighted by Gasteiger charge is 2.07. The van der Waals surface area contributed by atoms with E-state index in [1.54, 1.807) is 12.1 Å². The van der Waals surface area contributed by atoms with Crippen LogP contribution in [-0.2, 0) is 11.2 Å². The number of ether oxygens (including phenoxy) is 1. The summed E-state index contributed by atoms with van der Waals surface area (Å²) in [5.74, 6) is 0.155. The van der Waals surface area contributed by atoms with Gasteiger partial charge in [-0.3, -0.25) is 4.79 Å². The molecule has 1 amide bonds. The van der Waals surface area contributed by atoms with Crippen LogP contribution in [0.1, 0.15) is 11.1 Å². The number of phenolic OH excluding ortho intramolecular Hbond substituents is 2. The van der Waals surface area contributed by atoms with Gasteiger partial charge in [-0.15, -0.1) is 0 Å². The molecule has 3 N–H and O–H groups in total. The van der Waals surface area contributed by atoms with Gasteiger partial charge in [-0.2, -0.15) is 0 Å². The fourth-order valence-electron chi connectivity index (χ4n) is 2.05. The number of aryl methyl sites for hydroxylation is 1. The van der Waals surface area contributed by atoms with Crippen LogP contribution in [0.5, 0.6) is 17.2 Å². The quantitative estimate of drug-likeness (QED) is 0.714. The molecule has 0 spiro atoms. The van der Waals surface area contributed by atoms with Gasteiger partial charge < -0.3 is 20.3 Å². The normalized spacial score (nSPS) is 10.2. The van der Waals surface area contributed by atoms with Gasteiger partial charge in [0.25, 0.3) is 5.91 Å². The molecule has 5 nitrogen and oxygen atoms in total. The molecule has 2 aromatic rings. The van der Waals surface area contributed by atoms with Crippen molar-refractivity contribution in [2.75, 3.05) is 13.2 Å². The molecule has 0 radical (unpaired) electrons. The zero-order valence-electron chi connectivity index (χ0n) is 12.4. The van der Waals surface area contributed by atoms with E-state index in [4.69, 9.17) is 4.74 Å². The number of hydrogen-bond acceptors (Lipinski definition) is 4. The van der Waals surface area contributed by atoms with Crippen LogP contribution in [0.15, 0.2) is 42.5 Å². The molecule has 116 valence electrons. The van der Waals surface area contributed by atoms with Gasteiger partial charge in [-0.05, 0) is 48.7 Å². The summed E-state index contributed by atoms with van der Waals surface area (Å²) in [4.78, 5) is 11.7. The molecule has 0 saturated heterocycles. The second-order valence-electron chi connectivity index (χ2n) is 4.97. The molecule has 0 saturated carbocycles. The van der Waals surface area contributed by atoms with E-state index < -0.39 is 0 Å². The second kappa shape index (κ2) is 7.36. The standard InChI is InChI=1S/C17H19NO4/c1-12-9-15(19)16(20)10-13(12)7-8-18-17(21)11-22-14-5-3-2-4-6-14/h2-6,9-10,19-20H,7-8,11H2,1H3,(H,18,21). The summed E-state index contributed by atoms with van der Waals surface area (Å²) in [5.41, 5.74) is 1.74. The highest BCUT2D eigenvalue weighted by molar-refractivity contribution is 5.77. The van der Waals surface area contributed by atoms with E-state index in [0.29, 0.717) is 18.7 Å². The minimum absolute atomic E-state index is 0.0379. The van der Waals surface area contributed by atoms with E-state index in [-0.39, 0.29) is 24.0 Å². The summed E-state index contributed by atoms with van der Waals surface area (Å²) < 4.78 is 5.34. The van der Waals surface area contributed by atoms with Gasteiger partial charge in [-0.25, -0.2) is 0 Å². The molecule has 0 bridgehead atoms. The molecule has 0 aliphatic heterocycles. The molecular formula is C17H19NO4. The Morgan fingerprint density at radius 1 is 1.14 bits per heavy atom. The van der Waals surface area contributed by atoms with E-state index in [9.17, 15) is 15.0 Å². The number of aromatic hydroxyl groups is 2. The lowest BCUT2D eigenvalue weighted by Crippen LogP contribution is -2.30. The van der Waals surface area contributed by atoms with Gasteiger partial charge >= 0.3 is 0 Å². The summed E-state index contributed by atoms with van der Waals surface area (Å²) in [6, 6.07) is 12.1. The van der Waals surface area contributed by atoms with Crippen LogP contribution in [0.25, 0.3) is 0 Å². The highest BCUT2D eigenvalue weighted by Crippen LogP contribution is 2.27. The van der Waals surface area contributed by atoms with Gasteiger partial charge in [0.05, 0.1) is 0 Å². The lowest BCUT2D eigenvalue weighted by molar-refractivity contribution is -0.123. The van der Waals surface area contributed by atoms with E-state index in [1.807, 2.05) is 25.1 Å². The van der Waals surface area contributed by atoms with Crippen LogP contribution in [0.2, 0.25) is 0 Å². The van der Waals surface area contributed by atoms with Crippen LogP contribution in [0.3, 0.4) is 0 Å². The maximum Gasteiger partial charge on any atom is 0.257 e. The number of hydrogen-bond donors (Lipinski definition) is 3. The summed E-state index contributed by atoms with van der Waals surface area (Å²) >= 11 is 0. The van der Waals surface area contributed by atoms with Crippen molar-refractivity contribution >= 4 is 5.91 Å². The number of carbonyl (C=O) groups is 1. The minimum atomic E-state index is -0.204. The topological polar surface area (TPSA) is 78.8 Å². The fourth-order valence-corrected chi connectivity index (χ4v) is 2.05. The van der Waals surface area contributed by atoms with Crippen molar-refractivity contribution in [1.29, 1.82) is 0 Å². The molecule has 0 fully saturated rings. The monoisotopic (exact) mass is 301 g/mol. The third kappa shape index (κ3) is 4.41. The summed E-state index contributed by atoms with van der Waals surface area (Å²) in [6.45, 7) is 2.24. The van der Waals surface area contributed by atoms with E-state index in [1.165, 1.54) is 12.1 Å². The Kier molecular flexibility index (Phi) is 5.25. The third-order valence-corrected chi connectivity index (χ3v) is 3.26. The van der Waals surface area contributed by atoms with Crippen molar-refractivity contribution in [2.45, 2.75) is 13.3 Å². The van der Waals surface area contributed by atoms with Crippen LogP contribution in [0.4, 0.5) is 0 Å². The van der Waals surface area contributed by atoms with Gasteiger partial charge in [0.2, 0.25) is 0 Å². The largest absolute Gasteiger partial charge is 0.504 e. The summed E-state index contributed by atoms with van der Waals surface area (Å²) in [6.07, 6.45) is 0.566. The third-order valence-electron chi connectivity index (χ3n) is 3.26. The van der Waals surface area contributed by atoms with Gasteiger partial charge in [-0.1, -0.05) is 18.2 Å². The number of para-hydroxylation sites is 1. The van der Waals surface area contributed by atoms with Crippen molar-refractivity contribution in [3.05, 3.63) is 53.6 Å². The molecule has 0 heterocycles. The molecule has 0 aliphatic carbocycles. The average molecular weight is 301 g/mol. The van der Waals surface area contributed by atoms with E-state index >= 15 is 0 Å². The summed E-state index contributed by atoms with van der Waals surface area (Å²) in [5, 5.41) is 21.6. The summed E-state index contributed by atoms with van der Waals surface area (Å²) in [7, 11) is 0. The number of amides is 1. The molecule has 22 heavy (non-hydrogen) atoms. The van der Waals surface area contributed by atoms with Crippen molar-refractivity contribution < 1.29 is 19.7 Å². The second-order valence-corrected chi connectivity index (χ2v) is 4.97. The smallest absolute Gasteiger partial charge is 0.257 e. The number of benzene rings is 2. The molecule has 0 unspecified atom stereocenters. The van der Waals surface area contributed by atoms with Crippen LogP contribution in [0, 0.1) is 6.92 Å². The van der Waals surface area contributed by atoms with Crippen LogP contribution < -0.4 is 10.1 Å². The minimum Gasteiger partial charge on any atom is -0.504 e. The van der Waals surface area contributed by atoms with Gasteiger partial charge in [0.15, 0.2) is 18.1 Å². The van der Waals surface area contributed by atoms with Crippen LogP contribution in [-0.4, -0.2) is 29.3 Å². The first-order valence-corrected chi connectivity index (χ1v) is 7.02. The Labute approximate surface area is 129 Å². The van der Waals surface area contributed by atoms with E-state index in [2.05, 4.69) is 5.32 Å². The van der Waals surface area contributed by atoms with Crippen molar-refractivity contribution in [2.24, 2.45) is 0 Å². The lowest BCUT2D eigenvalue weighted by Gasteiger charge is -2.10. The van der Waals surface area contributed by atoms with Gasteiger partial charge in [0.1, 0.15) is 5.75 Å². The SMILES string of the molecule is Cc1cc(O)c(O)cc1CCNC(=O)COc1ccccc1. The Morgan fingerprint density at radius 2 is 1.82 bits per heavy atom. The first kappa shape index (κ1) is 15.7. The zero-order valence-corrected chi connectivity index (χ0v) is 12.4. The molecule has 0 aromatic heterocycles. The maximum absolute atomic E-state index is 11.7. The van der Waals surface area contributed by atoms with Crippen molar-refractivity contribution in [3.63, 3.8) is 0 Å². The number of rotatable bonds is 6. The molecular weight excluding hydrogens is 282 g/mol. The Morgan fingerprint density at radius 3 is 2.55 bits per heavy atom.